The topological polar surface area (TPSA) is 9.23 Å². The zero-order valence-electron chi connectivity index (χ0n) is 6.33. The van der Waals surface area contributed by atoms with Crippen molar-refractivity contribution in [3.63, 3.8) is 0 Å². The minimum Gasteiger partial charge on any atom is -0.403 e. The molecule has 0 aromatic heterocycles. The molecule has 0 N–H and O–H groups in total. The molecule has 0 radical (unpaired) electrons. The van der Waals surface area contributed by atoms with Crippen molar-refractivity contribution in [2.24, 2.45) is 0 Å². The predicted octanol–water partition coefficient (Wildman–Crippen LogP) is 3.93. The summed E-state index contributed by atoms with van der Waals surface area (Å²) in [5.41, 5.74) is 0. The maximum absolute atomic E-state index is 12.9. The minimum absolute atomic E-state index is 0.504. The highest BCUT2D eigenvalue weighted by Crippen LogP contribution is 2.29. The van der Waals surface area contributed by atoms with Crippen LogP contribution in [-0.2, 0) is 0 Å². The molecule has 0 atom stereocenters. The summed E-state index contributed by atoms with van der Waals surface area (Å²) in [6.07, 6.45) is -4.86. The summed E-state index contributed by atoms with van der Waals surface area (Å²) in [4.78, 5) is 0. The van der Waals surface area contributed by atoms with Crippen LogP contribution in [0.2, 0.25) is 0 Å². The summed E-state index contributed by atoms with van der Waals surface area (Å²) in [5, 5.41) is 0. The normalized spacial score (nSPS) is 11.6. The van der Waals surface area contributed by atoms with Crippen LogP contribution in [0, 0.1) is 13.0 Å². The summed E-state index contributed by atoms with van der Waals surface area (Å²) >= 11 is 3.62. The van der Waals surface area contributed by atoms with Crippen molar-refractivity contribution in [1.29, 1.82) is 0 Å². The molecule has 0 unspecified atom stereocenters. The van der Waals surface area contributed by atoms with Gasteiger partial charge in [-0.15, -0.1) is 13.2 Å². The fourth-order valence-electron chi connectivity index (χ4n) is 0.707. The fraction of sp³-hybridized carbons (Fsp3) is 0.143. The van der Waals surface area contributed by atoms with Crippen LogP contribution < -0.4 is 4.74 Å². The van der Waals surface area contributed by atoms with E-state index in [0.717, 1.165) is 12.1 Å². The summed E-state index contributed by atoms with van der Waals surface area (Å²) < 4.78 is 52.7. The molecule has 14 heavy (non-hydrogen) atoms. The van der Waals surface area contributed by atoms with Gasteiger partial charge in [-0.1, -0.05) is 0 Å². The van der Waals surface area contributed by atoms with Crippen molar-refractivity contribution in [3.8, 4) is 5.75 Å². The maximum Gasteiger partial charge on any atom is 0.573 e. The highest BCUT2D eigenvalue weighted by molar-refractivity contribution is 14.1. The molecular weight excluding hydrogens is 430 g/mol. The molecule has 0 aliphatic carbocycles. The Balaban J connectivity index is 3.04. The third kappa shape index (κ3) is 3.41. The SMILES string of the molecule is Fc1cc(I)c(I)cc1OC(F)(F)F. The van der Waals surface area contributed by atoms with Crippen molar-refractivity contribution in [2.75, 3.05) is 0 Å². The molecule has 0 aliphatic heterocycles. The lowest BCUT2D eigenvalue weighted by molar-refractivity contribution is -0.275. The van der Waals surface area contributed by atoms with Gasteiger partial charge < -0.3 is 4.74 Å². The average molecular weight is 432 g/mol. The standard InChI is InChI=1S/C7H2F4I2O/c8-3-1-4(12)5(13)2-6(3)14-7(9,10)11/h1-2H. The van der Waals surface area contributed by atoms with E-state index < -0.39 is 17.9 Å². The van der Waals surface area contributed by atoms with Crippen molar-refractivity contribution in [2.45, 2.75) is 6.36 Å². The highest BCUT2D eigenvalue weighted by atomic mass is 127. The van der Waals surface area contributed by atoms with Gasteiger partial charge in [0.2, 0.25) is 0 Å². The first-order valence-electron chi connectivity index (χ1n) is 3.20. The first kappa shape index (κ1) is 12.3. The lowest BCUT2D eigenvalue weighted by atomic mass is 10.3. The van der Waals surface area contributed by atoms with Crippen LogP contribution in [0.25, 0.3) is 0 Å². The van der Waals surface area contributed by atoms with Gasteiger partial charge in [0, 0.05) is 7.14 Å². The van der Waals surface area contributed by atoms with E-state index in [1.165, 1.54) is 0 Å². The van der Waals surface area contributed by atoms with Gasteiger partial charge in [-0.3, -0.25) is 0 Å². The molecule has 0 amide bonds. The van der Waals surface area contributed by atoms with E-state index in [-0.39, 0.29) is 0 Å². The molecule has 0 fully saturated rings. The van der Waals surface area contributed by atoms with Crippen molar-refractivity contribution < 1.29 is 22.3 Å². The molecule has 0 heterocycles. The van der Waals surface area contributed by atoms with Crippen molar-refractivity contribution in [1.82, 2.24) is 0 Å². The molecule has 0 saturated carbocycles. The molecule has 1 aromatic carbocycles. The quantitative estimate of drug-likeness (QED) is 0.372. The Bertz CT molecular complexity index is 350. The number of hydrogen-bond acceptors (Lipinski definition) is 1. The number of ether oxygens (including phenoxy) is 1. The molecule has 0 saturated heterocycles. The number of halogens is 6. The van der Waals surface area contributed by atoms with Crippen LogP contribution in [0.3, 0.4) is 0 Å². The molecular formula is C7H2F4I2O. The summed E-state index contributed by atoms with van der Waals surface area (Å²) in [6.45, 7) is 0. The fourth-order valence-corrected chi connectivity index (χ4v) is 1.57. The predicted molar refractivity (Wildman–Crippen MR) is 58.5 cm³/mol. The second-order valence-electron chi connectivity index (χ2n) is 2.24. The third-order valence-electron chi connectivity index (χ3n) is 1.20. The first-order valence-corrected chi connectivity index (χ1v) is 5.35. The Kier molecular flexibility index (Phi) is 3.83. The Morgan fingerprint density at radius 1 is 1.07 bits per heavy atom. The van der Waals surface area contributed by atoms with Gasteiger partial charge in [-0.2, -0.15) is 0 Å². The first-order chi connectivity index (χ1) is 6.29. The van der Waals surface area contributed by atoms with Gasteiger partial charge in [-0.05, 0) is 57.3 Å². The van der Waals surface area contributed by atoms with Gasteiger partial charge in [0.15, 0.2) is 11.6 Å². The molecule has 0 bridgehead atoms. The number of benzene rings is 1. The maximum atomic E-state index is 12.9. The summed E-state index contributed by atoms with van der Waals surface area (Å²) in [5.74, 6) is -1.82. The van der Waals surface area contributed by atoms with E-state index in [0.29, 0.717) is 7.14 Å². The van der Waals surface area contributed by atoms with E-state index in [1.807, 2.05) is 22.6 Å². The van der Waals surface area contributed by atoms with Crippen LogP contribution in [0.5, 0.6) is 5.75 Å². The Morgan fingerprint density at radius 2 is 1.57 bits per heavy atom. The van der Waals surface area contributed by atoms with Crippen LogP contribution in [0.4, 0.5) is 17.6 Å². The Labute approximate surface area is 104 Å². The minimum atomic E-state index is -4.86. The smallest absolute Gasteiger partial charge is 0.403 e. The summed E-state index contributed by atoms with van der Waals surface area (Å²) in [7, 11) is 0. The Morgan fingerprint density at radius 3 is 2.07 bits per heavy atom. The van der Waals surface area contributed by atoms with E-state index in [2.05, 4.69) is 4.74 Å². The van der Waals surface area contributed by atoms with Crippen LogP contribution in [0.15, 0.2) is 12.1 Å². The Hall–Kier alpha value is 0.200. The molecule has 7 heteroatoms. The van der Waals surface area contributed by atoms with Crippen LogP contribution in [-0.4, -0.2) is 6.36 Å². The highest BCUT2D eigenvalue weighted by Gasteiger charge is 2.32. The molecule has 1 aromatic rings. The zero-order chi connectivity index (χ0) is 10.9. The molecule has 0 aliphatic rings. The van der Waals surface area contributed by atoms with Gasteiger partial charge in [0.25, 0.3) is 0 Å². The van der Waals surface area contributed by atoms with Gasteiger partial charge >= 0.3 is 6.36 Å². The number of rotatable bonds is 1. The molecule has 1 rings (SSSR count). The van der Waals surface area contributed by atoms with Gasteiger partial charge in [-0.25, -0.2) is 4.39 Å². The van der Waals surface area contributed by atoms with Crippen molar-refractivity contribution >= 4 is 45.2 Å². The van der Waals surface area contributed by atoms with E-state index in [4.69, 9.17) is 0 Å². The second kappa shape index (κ2) is 4.37. The molecule has 1 nitrogen and oxygen atoms in total. The lowest BCUT2D eigenvalue weighted by Gasteiger charge is -2.10. The van der Waals surface area contributed by atoms with Gasteiger partial charge in [0.1, 0.15) is 0 Å². The monoisotopic (exact) mass is 432 g/mol. The third-order valence-corrected chi connectivity index (χ3v) is 4.02. The molecule has 78 valence electrons. The largest absolute Gasteiger partial charge is 0.573 e. The number of alkyl halides is 3. The molecule has 0 spiro atoms. The van der Waals surface area contributed by atoms with Crippen LogP contribution in [0.1, 0.15) is 0 Å². The van der Waals surface area contributed by atoms with Crippen molar-refractivity contribution in [3.05, 3.63) is 25.1 Å². The number of hydrogen-bond donors (Lipinski definition) is 0. The van der Waals surface area contributed by atoms with Crippen LogP contribution >= 0.6 is 45.2 Å². The zero-order valence-corrected chi connectivity index (χ0v) is 10.6. The second-order valence-corrected chi connectivity index (χ2v) is 4.57. The van der Waals surface area contributed by atoms with E-state index in [1.54, 1.807) is 22.6 Å². The van der Waals surface area contributed by atoms with E-state index >= 15 is 0 Å². The average Bonchev–Trinajstić information content (AvgIpc) is 1.97. The van der Waals surface area contributed by atoms with Gasteiger partial charge in [0.05, 0.1) is 0 Å². The summed E-state index contributed by atoms with van der Waals surface area (Å²) in [6, 6.07) is 1.99. The van der Waals surface area contributed by atoms with E-state index in [9.17, 15) is 17.6 Å². The lowest BCUT2D eigenvalue weighted by Crippen LogP contribution is -2.18.